The summed E-state index contributed by atoms with van der Waals surface area (Å²) in [5.41, 5.74) is 0.858. The molecule has 0 spiro atoms. The minimum absolute atomic E-state index is 0.0767. The van der Waals surface area contributed by atoms with Crippen molar-refractivity contribution in [2.24, 2.45) is 5.92 Å². The van der Waals surface area contributed by atoms with Gasteiger partial charge in [-0.25, -0.2) is 9.78 Å². The number of methoxy groups -OCH3 is 1. The number of carbonyl (C=O) groups excluding carboxylic acids is 1. The Bertz CT molecular complexity index is 575. The van der Waals surface area contributed by atoms with Crippen LogP contribution in [0.5, 0.6) is 5.88 Å². The fourth-order valence-corrected chi connectivity index (χ4v) is 3.38. The predicted octanol–water partition coefficient (Wildman–Crippen LogP) is 1.77. The topological polar surface area (TPSA) is 72.9 Å². The van der Waals surface area contributed by atoms with E-state index in [1.807, 2.05) is 24.0 Å². The van der Waals surface area contributed by atoms with Crippen molar-refractivity contribution in [3.05, 3.63) is 23.9 Å². The van der Waals surface area contributed by atoms with E-state index in [4.69, 9.17) is 14.2 Å². The Morgan fingerprint density at radius 2 is 2.29 bits per heavy atom. The number of nitrogens with zero attached hydrogens (tertiary/aromatic N) is 2. The van der Waals surface area contributed by atoms with Crippen molar-refractivity contribution >= 4 is 6.03 Å². The molecule has 0 aliphatic carbocycles. The molecule has 0 saturated carbocycles. The van der Waals surface area contributed by atoms with E-state index in [9.17, 15) is 4.79 Å². The number of piperidine rings is 1. The summed E-state index contributed by atoms with van der Waals surface area (Å²) in [5.74, 6) is 0.174. The summed E-state index contributed by atoms with van der Waals surface area (Å²) in [4.78, 5) is 18.5. The molecule has 1 aromatic heterocycles. The minimum atomic E-state index is -0.564. The lowest BCUT2D eigenvalue weighted by Gasteiger charge is -2.39. The molecule has 1 N–H and O–H groups in total. The third-order valence-electron chi connectivity index (χ3n) is 4.78. The van der Waals surface area contributed by atoms with Crippen LogP contribution in [-0.2, 0) is 16.0 Å². The lowest BCUT2D eigenvalue weighted by atomic mass is 9.90. The molecule has 2 aliphatic rings. The van der Waals surface area contributed by atoms with Gasteiger partial charge in [0, 0.05) is 37.3 Å². The molecule has 2 amide bonds. The van der Waals surface area contributed by atoms with Crippen molar-refractivity contribution in [1.82, 2.24) is 15.2 Å². The van der Waals surface area contributed by atoms with E-state index in [-0.39, 0.29) is 11.9 Å². The number of ether oxygens (including phenoxy) is 3. The SMILES string of the molecule is COc1ncccc1CNC(=O)N1CCC[C@@H](C2(C)OCCO2)C1. The number of nitrogens with one attached hydrogen (secondary N) is 1. The summed E-state index contributed by atoms with van der Waals surface area (Å²) in [7, 11) is 1.57. The number of aromatic nitrogens is 1. The second-order valence-corrected chi connectivity index (χ2v) is 6.33. The summed E-state index contributed by atoms with van der Waals surface area (Å²) in [6.45, 7) is 5.02. The van der Waals surface area contributed by atoms with Crippen LogP contribution >= 0.6 is 0 Å². The molecular weight excluding hydrogens is 310 g/mol. The molecule has 1 aromatic rings. The van der Waals surface area contributed by atoms with Crippen molar-refractivity contribution in [2.45, 2.75) is 32.1 Å². The molecule has 24 heavy (non-hydrogen) atoms. The molecule has 2 saturated heterocycles. The smallest absolute Gasteiger partial charge is 0.317 e. The molecule has 0 unspecified atom stereocenters. The van der Waals surface area contributed by atoms with Crippen molar-refractivity contribution in [3.63, 3.8) is 0 Å². The Hall–Kier alpha value is -1.86. The average Bonchev–Trinajstić information content (AvgIpc) is 3.08. The van der Waals surface area contributed by atoms with Crippen LogP contribution in [0.1, 0.15) is 25.3 Å². The summed E-state index contributed by atoms with van der Waals surface area (Å²) in [6.07, 6.45) is 3.63. The number of hydrogen-bond acceptors (Lipinski definition) is 5. The summed E-state index contributed by atoms with van der Waals surface area (Å²) in [6, 6.07) is 3.65. The zero-order valence-corrected chi connectivity index (χ0v) is 14.3. The summed E-state index contributed by atoms with van der Waals surface area (Å²) >= 11 is 0. The van der Waals surface area contributed by atoms with Gasteiger partial charge in [-0.3, -0.25) is 0 Å². The molecule has 7 nitrogen and oxygen atoms in total. The lowest BCUT2D eigenvalue weighted by molar-refractivity contribution is -0.189. The molecule has 2 aliphatic heterocycles. The van der Waals surface area contributed by atoms with Gasteiger partial charge in [-0.2, -0.15) is 0 Å². The standard InChI is InChI=1S/C17H25N3O4/c1-17(23-9-10-24-17)14-6-4-8-20(12-14)16(21)19-11-13-5-3-7-18-15(13)22-2/h3,5,7,14H,4,6,8-12H2,1-2H3,(H,19,21)/t14-/m1/s1. The molecule has 0 aromatic carbocycles. The Morgan fingerprint density at radius 3 is 3.04 bits per heavy atom. The summed E-state index contributed by atoms with van der Waals surface area (Å²) < 4.78 is 16.7. The third kappa shape index (κ3) is 3.62. The average molecular weight is 335 g/mol. The first-order valence-electron chi connectivity index (χ1n) is 8.41. The Balaban J connectivity index is 1.56. The largest absolute Gasteiger partial charge is 0.481 e. The van der Waals surface area contributed by atoms with Crippen LogP contribution in [0.2, 0.25) is 0 Å². The summed E-state index contributed by atoms with van der Waals surface area (Å²) in [5, 5.41) is 2.95. The highest BCUT2D eigenvalue weighted by Gasteiger charge is 2.42. The molecule has 7 heteroatoms. The van der Waals surface area contributed by atoms with Gasteiger partial charge in [-0.05, 0) is 25.8 Å². The first kappa shape index (κ1) is 17.0. The van der Waals surface area contributed by atoms with E-state index >= 15 is 0 Å². The first-order chi connectivity index (χ1) is 11.6. The van der Waals surface area contributed by atoms with E-state index in [2.05, 4.69) is 10.3 Å². The Labute approximate surface area is 142 Å². The van der Waals surface area contributed by atoms with Crippen molar-refractivity contribution in [2.75, 3.05) is 33.4 Å². The van der Waals surface area contributed by atoms with Gasteiger partial charge in [-0.15, -0.1) is 0 Å². The highest BCUT2D eigenvalue weighted by Crippen LogP contribution is 2.34. The molecular formula is C17H25N3O4. The van der Waals surface area contributed by atoms with Gasteiger partial charge in [0.25, 0.3) is 0 Å². The van der Waals surface area contributed by atoms with Crippen molar-refractivity contribution in [1.29, 1.82) is 0 Å². The zero-order chi connectivity index (χ0) is 17.0. The Morgan fingerprint density at radius 1 is 1.50 bits per heavy atom. The molecule has 0 radical (unpaired) electrons. The van der Waals surface area contributed by atoms with Crippen LogP contribution < -0.4 is 10.1 Å². The number of pyridine rings is 1. The minimum Gasteiger partial charge on any atom is -0.481 e. The second kappa shape index (κ2) is 7.36. The fraction of sp³-hybridized carbons (Fsp3) is 0.647. The zero-order valence-electron chi connectivity index (χ0n) is 14.3. The van der Waals surface area contributed by atoms with E-state index in [1.54, 1.807) is 13.3 Å². The number of hydrogen-bond donors (Lipinski definition) is 1. The fourth-order valence-electron chi connectivity index (χ4n) is 3.38. The van der Waals surface area contributed by atoms with Crippen LogP contribution in [0.25, 0.3) is 0 Å². The monoisotopic (exact) mass is 335 g/mol. The van der Waals surface area contributed by atoms with Crippen LogP contribution in [-0.4, -0.2) is 55.1 Å². The van der Waals surface area contributed by atoms with Gasteiger partial charge >= 0.3 is 6.03 Å². The quantitative estimate of drug-likeness (QED) is 0.908. The first-order valence-corrected chi connectivity index (χ1v) is 8.41. The normalized spacial score (nSPS) is 23.1. The van der Waals surface area contributed by atoms with Gasteiger partial charge in [0.2, 0.25) is 5.88 Å². The third-order valence-corrected chi connectivity index (χ3v) is 4.78. The van der Waals surface area contributed by atoms with Crippen LogP contribution in [0.4, 0.5) is 4.79 Å². The molecule has 3 heterocycles. The number of likely N-dealkylation sites (tertiary alicyclic amines) is 1. The van der Waals surface area contributed by atoms with Gasteiger partial charge in [0.1, 0.15) is 0 Å². The molecule has 2 fully saturated rings. The maximum Gasteiger partial charge on any atom is 0.317 e. The van der Waals surface area contributed by atoms with Gasteiger partial charge in [0.05, 0.1) is 20.3 Å². The molecule has 132 valence electrons. The van der Waals surface area contributed by atoms with Crippen LogP contribution in [0.3, 0.4) is 0 Å². The lowest BCUT2D eigenvalue weighted by Crippen LogP contribution is -2.51. The molecule has 0 bridgehead atoms. The Kier molecular flexibility index (Phi) is 5.20. The molecule has 3 rings (SSSR count). The van der Waals surface area contributed by atoms with Gasteiger partial charge < -0.3 is 24.4 Å². The van der Waals surface area contributed by atoms with E-state index in [0.29, 0.717) is 32.2 Å². The van der Waals surface area contributed by atoms with Crippen LogP contribution in [0.15, 0.2) is 18.3 Å². The molecule has 1 atom stereocenters. The van der Waals surface area contributed by atoms with Crippen molar-refractivity contribution in [3.8, 4) is 5.88 Å². The second-order valence-electron chi connectivity index (χ2n) is 6.33. The predicted molar refractivity (Wildman–Crippen MR) is 87.6 cm³/mol. The number of amides is 2. The van der Waals surface area contributed by atoms with E-state index < -0.39 is 5.79 Å². The maximum absolute atomic E-state index is 12.5. The highest BCUT2D eigenvalue weighted by molar-refractivity contribution is 5.74. The van der Waals surface area contributed by atoms with E-state index in [1.165, 1.54) is 0 Å². The van der Waals surface area contributed by atoms with E-state index in [0.717, 1.165) is 24.9 Å². The van der Waals surface area contributed by atoms with Crippen LogP contribution in [0, 0.1) is 5.92 Å². The number of carbonyl (C=O) groups is 1. The van der Waals surface area contributed by atoms with Crippen molar-refractivity contribution < 1.29 is 19.0 Å². The van der Waals surface area contributed by atoms with Gasteiger partial charge in [-0.1, -0.05) is 6.07 Å². The number of rotatable bonds is 4. The van der Waals surface area contributed by atoms with Gasteiger partial charge in [0.15, 0.2) is 5.79 Å². The highest BCUT2D eigenvalue weighted by atomic mass is 16.7. The maximum atomic E-state index is 12.5. The number of urea groups is 1.